The highest BCUT2D eigenvalue weighted by atomic mass is 19.1. The maximum absolute atomic E-state index is 15.4. The Balaban J connectivity index is 1.36. The van der Waals surface area contributed by atoms with Crippen molar-refractivity contribution in [3.05, 3.63) is 59.2 Å². The summed E-state index contributed by atoms with van der Waals surface area (Å²) in [6.07, 6.45) is 3.95. The Morgan fingerprint density at radius 1 is 1.19 bits per heavy atom. The summed E-state index contributed by atoms with van der Waals surface area (Å²) in [5, 5.41) is 6.95. The third-order valence-electron chi connectivity index (χ3n) is 7.02. The van der Waals surface area contributed by atoms with Crippen LogP contribution in [0.2, 0.25) is 0 Å². The number of nitrogens with two attached hydrogens (primary N) is 1. The lowest BCUT2D eigenvalue weighted by molar-refractivity contribution is -0.129. The molecule has 2 aliphatic heterocycles. The van der Waals surface area contributed by atoms with Crippen molar-refractivity contribution in [2.24, 2.45) is 0 Å². The van der Waals surface area contributed by atoms with Crippen molar-refractivity contribution >= 4 is 39.8 Å². The number of ether oxygens (including phenoxy) is 1. The van der Waals surface area contributed by atoms with E-state index in [1.807, 2.05) is 24.0 Å². The summed E-state index contributed by atoms with van der Waals surface area (Å²) in [4.78, 5) is 27.0. The fourth-order valence-corrected chi connectivity index (χ4v) is 4.96. The Hall–Kier alpha value is -4.47. The first-order valence-electron chi connectivity index (χ1n) is 12.1. The molecule has 4 aromatic rings. The molecule has 2 aliphatic rings. The number of pyridine rings is 1. The number of carbonyl (C=O) groups excluding carboxylic acids is 1. The fraction of sp³-hybridized carbons (Fsp3) is 0.259. The van der Waals surface area contributed by atoms with Crippen LogP contribution < -0.4 is 21.1 Å². The molecule has 0 aliphatic carbocycles. The van der Waals surface area contributed by atoms with E-state index in [-0.39, 0.29) is 11.6 Å². The van der Waals surface area contributed by atoms with Crippen molar-refractivity contribution in [1.82, 2.24) is 19.9 Å². The lowest BCUT2D eigenvalue weighted by atomic mass is 9.98. The van der Waals surface area contributed by atoms with Crippen LogP contribution in [-0.2, 0) is 17.8 Å². The zero-order valence-electron chi connectivity index (χ0n) is 20.6. The van der Waals surface area contributed by atoms with Crippen molar-refractivity contribution in [2.45, 2.75) is 26.8 Å². The largest absolute Gasteiger partial charge is 0.474 e. The van der Waals surface area contributed by atoms with E-state index in [0.717, 1.165) is 35.5 Å². The van der Waals surface area contributed by atoms with E-state index >= 15 is 4.39 Å². The first kappa shape index (κ1) is 23.0. The molecule has 0 radical (unpaired) electrons. The Morgan fingerprint density at radius 3 is 2.89 bits per heavy atom. The molecule has 188 valence electrons. The van der Waals surface area contributed by atoms with Gasteiger partial charge in [-0.1, -0.05) is 6.07 Å². The molecular weight excluding hydrogens is 473 g/mol. The van der Waals surface area contributed by atoms with E-state index in [1.54, 1.807) is 19.2 Å². The fourth-order valence-electron chi connectivity index (χ4n) is 4.96. The third-order valence-corrected chi connectivity index (χ3v) is 7.02. The van der Waals surface area contributed by atoms with Gasteiger partial charge in [-0.05, 0) is 48.2 Å². The second kappa shape index (κ2) is 8.88. The van der Waals surface area contributed by atoms with Gasteiger partial charge >= 0.3 is 0 Å². The summed E-state index contributed by atoms with van der Waals surface area (Å²) in [6, 6.07) is 7.72. The summed E-state index contributed by atoms with van der Waals surface area (Å²) >= 11 is 0. The van der Waals surface area contributed by atoms with Gasteiger partial charge in [0.1, 0.15) is 12.3 Å². The average Bonchev–Trinajstić information content (AvgIpc) is 2.91. The molecule has 37 heavy (non-hydrogen) atoms. The van der Waals surface area contributed by atoms with E-state index in [4.69, 9.17) is 10.5 Å². The minimum absolute atomic E-state index is 0.0153. The molecule has 6 rings (SSSR count). The Morgan fingerprint density at radius 2 is 2.05 bits per heavy atom. The first-order valence-corrected chi connectivity index (χ1v) is 12.1. The van der Waals surface area contributed by atoms with Gasteiger partial charge in [0.15, 0.2) is 5.82 Å². The van der Waals surface area contributed by atoms with Crippen LogP contribution in [0.1, 0.15) is 23.6 Å². The quantitative estimate of drug-likeness (QED) is 0.360. The van der Waals surface area contributed by atoms with Crippen LogP contribution in [0.25, 0.3) is 22.0 Å². The van der Waals surface area contributed by atoms with Gasteiger partial charge in [-0.15, -0.1) is 0 Å². The first-order chi connectivity index (χ1) is 17.9. The van der Waals surface area contributed by atoms with E-state index < -0.39 is 5.82 Å². The normalized spacial score (nSPS) is 14.4. The van der Waals surface area contributed by atoms with Gasteiger partial charge in [-0.3, -0.25) is 4.79 Å². The molecule has 0 spiro atoms. The van der Waals surface area contributed by atoms with E-state index in [0.29, 0.717) is 53.6 Å². The number of rotatable bonds is 3. The smallest absolute Gasteiger partial charge is 0.237 e. The molecule has 4 N–H and O–H groups in total. The minimum atomic E-state index is -0.539. The molecular formula is C27H26FN7O2. The molecule has 2 aromatic heterocycles. The number of nitrogens with zero attached hydrogens (tertiary/aromatic N) is 4. The molecule has 0 saturated heterocycles. The predicted octanol–water partition coefficient (Wildman–Crippen LogP) is 4.17. The minimum Gasteiger partial charge on any atom is -0.474 e. The number of nitrogen functional groups attached to an aromatic ring is 1. The van der Waals surface area contributed by atoms with Crippen LogP contribution in [0, 0.1) is 12.7 Å². The summed E-state index contributed by atoms with van der Waals surface area (Å²) in [5.74, 6) is 0.393. The number of fused-ring (bicyclic) bond motifs is 3. The van der Waals surface area contributed by atoms with Crippen LogP contribution >= 0.6 is 0 Å². The van der Waals surface area contributed by atoms with Gasteiger partial charge in [0.2, 0.25) is 17.7 Å². The topological polar surface area (TPSA) is 118 Å². The zero-order valence-corrected chi connectivity index (χ0v) is 20.6. The van der Waals surface area contributed by atoms with Gasteiger partial charge < -0.3 is 26.0 Å². The number of carbonyl (C=O) groups is 1. The monoisotopic (exact) mass is 499 g/mol. The average molecular weight is 500 g/mol. The number of hydrogen-bond acceptors (Lipinski definition) is 8. The van der Waals surface area contributed by atoms with E-state index in [9.17, 15) is 4.79 Å². The summed E-state index contributed by atoms with van der Waals surface area (Å²) in [6.45, 7) is 5.97. The number of amides is 1. The molecule has 0 saturated carbocycles. The molecule has 10 heteroatoms. The molecule has 4 heterocycles. The van der Waals surface area contributed by atoms with Gasteiger partial charge in [0, 0.05) is 61.2 Å². The summed E-state index contributed by atoms with van der Waals surface area (Å²) in [5.41, 5.74) is 12.3. The number of benzene rings is 2. The van der Waals surface area contributed by atoms with Crippen molar-refractivity contribution in [3.8, 4) is 17.0 Å². The molecule has 0 unspecified atom stereocenters. The van der Waals surface area contributed by atoms with Crippen molar-refractivity contribution in [2.75, 3.05) is 36.1 Å². The van der Waals surface area contributed by atoms with Crippen molar-refractivity contribution < 1.29 is 13.9 Å². The van der Waals surface area contributed by atoms with Crippen LogP contribution in [0.4, 0.5) is 27.4 Å². The lowest BCUT2D eigenvalue weighted by Gasteiger charge is -2.28. The summed E-state index contributed by atoms with van der Waals surface area (Å²) in [7, 11) is 0. The number of anilines is 4. The molecule has 0 bridgehead atoms. The van der Waals surface area contributed by atoms with Crippen LogP contribution in [0.15, 0.2) is 36.7 Å². The van der Waals surface area contributed by atoms with Crippen LogP contribution in [0.5, 0.6) is 5.88 Å². The number of halogens is 1. The number of hydrogen-bond donors (Lipinski definition) is 3. The number of aromatic nitrogens is 3. The van der Waals surface area contributed by atoms with Gasteiger partial charge in [-0.25, -0.2) is 19.3 Å². The highest BCUT2D eigenvalue weighted by Gasteiger charge is 2.22. The Kier molecular flexibility index (Phi) is 5.51. The second-order valence-electron chi connectivity index (χ2n) is 9.33. The maximum atomic E-state index is 15.4. The Labute approximate surface area is 212 Å². The lowest BCUT2D eigenvalue weighted by Crippen LogP contribution is -2.34. The van der Waals surface area contributed by atoms with Crippen molar-refractivity contribution in [3.63, 3.8) is 0 Å². The van der Waals surface area contributed by atoms with Gasteiger partial charge in [-0.2, -0.15) is 0 Å². The SMILES string of the molecule is CC(=O)N1CCc2ccc(Nc3ncc4c(N)c(F)c(-c5cnc6c(c5C)NCCO6)cc4n3)cc2C1. The third kappa shape index (κ3) is 4.04. The van der Waals surface area contributed by atoms with Crippen LogP contribution in [-0.4, -0.2) is 45.5 Å². The predicted molar refractivity (Wildman–Crippen MR) is 140 cm³/mol. The van der Waals surface area contributed by atoms with E-state index in [1.165, 1.54) is 11.8 Å². The molecule has 0 atom stereocenters. The zero-order chi connectivity index (χ0) is 25.7. The van der Waals surface area contributed by atoms with Gasteiger partial charge in [0.25, 0.3) is 0 Å². The van der Waals surface area contributed by atoms with Crippen LogP contribution in [0.3, 0.4) is 0 Å². The maximum Gasteiger partial charge on any atom is 0.237 e. The standard InChI is InChI=1S/C27H26FN7O2/c1-14-20(11-31-26-25(14)30-6-8-37-26)19-10-22-21(24(29)23(19)28)12-32-27(34-22)33-18-4-3-16-5-7-35(15(2)36)13-17(16)9-18/h3-4,9-12,30H,5-8,13,29H2,1-2H3,(H,32,33,34). The second-order valence-corrected chi connectivity index (χ2v) is 9.33. The molecule has 1 amide bonds. The molecule has 9 nitrogen and oxygen atoms in total. The van der Waals surface area contributed by atoms with E-state index in [2.05, 4.69) is 31.7 Å². The molecule has 2 aromatic carbocycles. The van der Waals surface area contributed by atoms with Gasteiger partial charge in [0.05, 0.1) is 11.2 Å². The van der Waals surface area contributed by atoms with Crippen molar-refractivity contribution in [1.29, 1.82) is 0 Å². The highest BCUT2D eigenvalue weighted by molar-refractivity contribution is 5.96. The summed E-state index contributed by atoms with van der Waals surface area (Å²) < 4.78 is 21.0. The number of nitrogens with one attached hydrogen (secondary N) is 2. The Bertz CT molecular complexity index is 1570. The highest BCUT2D eigenvalue weighted by Crippen LogP contribution is 2.39. The molecule has 0 fully saturated rings.